The smallest absolute Gasteiger partial charge is 0.348 e. The molecule has 7 nitrogen and oxygen atoms in total. The van der Waals surface area contributed by atoms with Crippen molar-refractivity contribution in [3.63, 3.8) is 0 Å². The topological polar surface area (TPSA) is 85.2 Å². The number of aromatic nitrogens is 5. The number of ether oxygens (including phenoxy) is 1. The van der Waals surface area contributed by atoms with Crippen molar-refractivity contribution < 1.29 is 4.74 Å². The summed E-state index contributed by atoms with van der Waals surface area (Å²) in [5.41, 5.74) is 1.61. The Morgan fingerprint density at radius 2 is 2.00 bits per heavy atom. The molecule has 3 heterocycles. The number of methoxy groups -OCH3 is 1. The summed E-state index contributed by atoms with van der Waals surface area (Å²) in [6.07, 6.45) is 3.25. The van der Waals surface area contributed by atoms with Crippen LogP contribution in [0.2, 0.25) is 0 Å². The SMILES string of the molecule is COc1ccc(-c2nc3c4ccncc4[nH]c(=O)n3n2)cc1. The van der Waals surface area contributed by atoms with Crippen LogP contribution in [0.3, 0.4) is 0 Å². The van der Waals surface area contributed by atoms with Gasteiger partial charge in [-0.05, 0) is 30.3 Å². The third-order valence-corrected chi connectivity index (χ3v) is 3.45. The van der Waals surface area contributed by atoms with Crippen LogP contribution < -0.4 is 10.4 Å². The predicted molar refractivity (Wildman–Crippen MR) is 80.9 cm³/mol. The summed E-state index contributed by atoms with van der Waals surface area (Å²) in [6.45, 7) is 0. The fourth-order valence-corrected chi connectivity index (χ4v) is 2.35. The molecule has 1 N–H and O–H groups in total. The number of pyridine rings is 1. The molecule has 0 atom stereocenters. The Morgan fingerprint density at radius 3 is 2.77 bits per heavy atom. The van der Waals surface area contributed by atoms with Crippen molar-refractivity contribution in [3.8, 4) is 17.1 Å². The van der Waals surface area contributed by atoms with Gasteiger partial charge in [-0.2, -0.15) is 4.52 Å². The molecule has 0 bridgehead atoms. The number of hydrogen-bond acceptors (Lipinski definition) is 5. The number of fused-ring (bicyclic) bond motifs is 3. The van der Waals surface area contributed by atoms with Crippen LogP contribution >= 0.6 is 0 Å². The molecule has 0 aliphatic heterocycles. The highest BCUT2D eigenvalue weighted by atomic mass is 16.5. The van der Waals surface area contributed by atoms with Crippen molar-refractivity contribution in [3.05, 3.63) is 53.2 Å². The first-order chi connectivity index (χ1) is 10.8. The largest absolute Gasteiger partial charge is 0.497 e. The molecule has 22 heavy (non-hydrogen) atoms. The Bertz CT molecular complexity index is 1030. The molecule has 4 aromatic rings. The third kappa shape index (κ3) is 1.83. The monoisotopic (exact) mass is 293 g/mol. The molecule has 0 aliphatic rings. The quantitative estimate of drug-likeness (QED) is 0.607. The number of nitrogens with one attached hydrogen (secondary N) is 1. The molecule has 0 fully saturated rings. The van der Waals surface area contributed by atoms with Gasteiger partial charge in [-0.25, -0.2) is 9.78 Å². The zero-order chi connectivity index (χ0) is 15.1. The Balaban J connectivity index is 1.98. The van der Waals surface area contributed by atoms with E-state index in [9.17, 15) is 4.79 Å². The lowest BCUT2D eigenvalue weighted by molar-refractivity contribution is 0.415. The van der Waals surface area contributed by atoms with Gasteiger partial charge in [-0.15, -0.1) is 5.10 Å². The zero-order valence-corrected chi connectivity index (χ0v) is 11.6. The van der Waals surface area contributed by atoms with E-state index in [0.29, 0.717) is 17.0 Å². The molecular weight excluding hydrogens is 282 g/mol. The molecule has 0 saturated carbocycles. The summed E-state index contributed by atoms with van der Waals surface area (Å²) >= 11 is 0. The Morgan fingerprint density at radius 1 is 1.18 bits per heavy atom. The molecule has 0 spiro atoms. The third-order valence-electron chi connectivity index (χ3n) is 3.45. The van der Waals surface area contributed by atoms with Crippen LogP contribution in [0.25, 0.3) is 27.9 Å². The molecule has 108 valence electrons. The number of rotatable bonds is 2. The van der Waals surface area contributed by atoms with E-state index in [4.69, 9.17) is 4.74 Å². The first-order valence-corrected chi connectivity index (χ1v) is 6.63. The van der Waals surface area contributed by atoms with E-state index >= 15 is 0 Å². The van der Waals surface area contributed by atoms with E-state index in [1.54, 1.807) is 25.6 Å². The molecule has 1 aromatic carbocycles. The van der Waals surface area contributed by atoms with Gasteiger partial charge in [0.2, 0.25) is 0 Å². The Labute approximate surface area is 124 Å². The maximum atomic E-state index is 12.1. The van der Waals surface area contributed by atoms with Gasteiger partial charge < -0.3 is 9.72 Å². The van der Waals surface area contributed by atoms with Crippen LogP contribution in [0.15, 0.2) is 47.5 Å². The number of benzene rings is 1. The minimum absolute atomic E-state index is 0.345. The van der Waals surface area contributed by atoms with E-state index < -0.39 is 0 Å². The van der Waals surface area contributed by atoms with E-state index in [1.165, 1.54) is 4.52 Å². The normalized spacial score (nSPS) is 11.1. The second kappa shape index (κ2) is 4.66. The van der Waals surface area contributed by atoms with E-state index in [-0.39, 0.29) is 5.69 Å². The lowest BCUT2D eigenvalue weighted by Crippen LogP contribution is -2.17. The second-order valence-electron chi connectivity index (χ2n) is 4.75. The molecule has 0 unspecified atom stereocenters. The number of nitrogens with zero attached hydrogens (tertiary/aromatic N) is 4. The standard InChI is InChI=1S/C15H11N5O2/c1-22-10-4-2-9(3-5-10)13-18-14-11-6-7-16-8-12(11)17-15(21)20(14)19-13/h2-8H,1H3,(H,17,21). The van der Waals surface area contributed by atoms with Gasteiger partial charge in [0, 0.05) is 17.1 Å². The predicted octanol–water partition coefficient (Wildman–Crippen LogP) is 1.64. The summed E-state index contributed by atoms with van der Waals surface area (Å²) in [6, 6.07) is 9.16. The fourth-order valence-electron chi connectivity index (χ4n) is 2.35. The number of aromatic amines is 1. The highest BCUT2D eigenvalue weighted by molar-refractivity contribution is 5.90. The molecule has 0 saturated heterocycles. The van der Waals surface area contributed by atoms with Crippen LogP contribution in [0.4, 0.5) is 0 Å². The van der Waals surface area contributed by atoms with Gasteiger partial charge in [0.15, 0.2) is 11.5 Å². The van der Waals surface area contributed by atoms with Crippen molar-refractivity contribution in [1.29, 1.82) is 0 Å². The lowest BCUT2D eigenvalue weighted by atomic mass is 10.2. The minimum Gasteiger partial charge on any atom is -0.497 e. The molecule has 7 heteroatoms. The van der Waals surface area contributed by atoms with Crippen molar-refractivity contribution in [2.24, 2.45) is 0 Å². The molecule has 0 amide bonds. The van der Waals surface area contributed by atoms with E-state index in [2.05, 4.69) is 20.1 Å². The Kier molecular flexibility index (Phi) is 2.65. The van der Waals surface area contributed by atoms with Crippen molar-refractivity contribution in [2.75, 3.05) is 7.11 Å². The van der Waals surface area contributed by atoms with Crippen molar-refractivity contribution in [2.45, 2.75) is 0 Å². The number of hydrogen-bond donors (Lipinski definition) is 1. The van der Waals surface area contributed by atoms with Gasteiger partial charge in [0.05, 0.1) is 18.8 Å². The molecule has 3 aromatic heterocycles. The van der Waals surface area contributed by atoms with Crippen LogP contribution in [-0.2, 0) is 0 Å². The second-order valence-corrected chi connectivity index (χ2v) is 4.75. The summed E-state index contributed by atoms with van der Waals surface area (Å²) < 4.78 is 6.40. The highest BCUT2D eigenvalue weighted by Crippen LogP contribution is 2.21. The van der Waals surface area contributed by atoms with Crippen LogP contribution in [-0.4, -0.2) is 31.7 Å². The zero-order valence-electron chi connectivity index (χ0n) is 11.6. The van der Waals surface area contributed by atoms with Crippen LogP contribution in [0, 0.1) is 0 Å². The van der Waals surface area contributed by atoms with Gasteiger partial charge in [0.25, 0.3) is 0 Å². The van der Waals surface area contributed by atoms with Crippen molar-refractivity contribution >= 4 is 16.6 Å². The lowest BCUT2D eigenvalue weighted by Gasteiger charge is -1.99. The summed E-state index contributed by atoms with van der Waals surface area (Å²) in [5.74, 6) is 1.24. The van der Waals surface area contributed by atoms with E-state index in [1.807, 2.05) is 24.3 Å². The molecule has 4 rings (SSSR count). The maximum absolute atomic E-state index is 12.1. The highest BCUT2D eigenvalue weighted by Gasteiger charge is 2.12. The van der Waals surface area contributed by atoms with E-state index in [0.717, 1.165) is 16.7 Å². The van der Waals surface area contributed by atoms with Gasteiger partial charge in [-0.3, -0.25) is 4.98 Å². The minimum atomic E-state index is -0.345. The number of H-pyrrole nitrogens is 1. The maximum Gasteiger partial charge on any atom is 0.348 e. The molecule has 0 radical (unpaired) electrons. The first-order valence-electron chi connectivity index (χ1n) is 6.63. The first kappa shape index (κ1) is 12.5. The summed E-state index contributed by atoms with van der Waals surface area (Å²) in [5, 5.41) is 5.08. The fraction of sp³-hybridized carbons (Fsp3) is 0.0667. The average Bonchev–Trinajstić information content (AvgIpc) is 3.01. The summed E-state index contributed by atoms with van der Waals surface area (Å²) in [7, 11) is 1.61. The molecule has 0 aliphatic carbocycles. The van der Waals surface area contributed by atoms with Crippen molar-refractivity contribution in [1.82, 2.24) is 24.6 Å². The van der Waals surface area contributed by atoms with Crippen LogP contribution in [0.1, 0.15) is 0 Å². The van der Waals surface area contributed by atoms with Gasteiger partial charge in [0.1, 0.15) is 5.75 Å². The van der Waals surface area contributed by atoms with Gasteiger partial charge in [-0.1, -0.05) is 0 Å². The van der Waals surface area contributed by atoms with Crippen LogP contribution in [0.5, 0.6) is 5.75 Å². The summed E-state index contributed by atoms with van der Waals surface area (Å²) in [4.78, 5) is 23.3. The average molecular weight is 293 g/mol. The molecular formula is C15H11N5O2. The van der Waals surface area contributed by atoms with Gasteiger partial charge >= 0.3 is 5.69 Å². The Hall–Kier alpha value is -3.22.